The Morgan fingerprint density at radius 1 is 1.00 bits per heavy atom. The quantitative estimate of drug-likeness (QED) is 0.646. The molecule has 1 fully saturated rings. The molecule has 0 bridgehead atoms. The van der Waals surface area contributed by atoms with Crippen molar-refractivity contribution in [2.45, 2.75) is 46.8 Å². The van der Waals surface area contributed by atoms with Crippen LogP contribution in [0.1, 0.15) is 38.8 Å². The number of anilines is 1. The van der Waals surface area contributed by atoms with Crippen molar-refractivity contribution in [1.82, 2.24) is 20.1 Å². The number of hydrazine groups is 1. The van der Waals surface area contributed by atoms with E-state index in [0.29, 0.717) is 6.04 Å². The molecule has 34 heavy (non-hydrogen) atoms. The topological polar surface area (TPSA) is 58.5 Å². The van der Waals surface area contributed by atoms with Crippen LogP contribution in [-0.4, -0.2) is 79.3 Å². The first kappa shape index (κ1) is 27.5. The van der Waals surface area contributed by atoms with Crippen LogP contribution >= 0.6 is 0 Å². The summed E-state index contributed by atoms with van der Waals surface area (Å²) in [6.45, 7) is 14.5. The molecule has 7 heteroatoms. The first-order valence-corrected chi connectivity index (χ1v) is 12.4. The SMILES string of the molecule is CC.CC(C)N(C)Nc1ccc(C2=NN=CC(N3CCNCC3)N2C)cc1.Cc1ccccc1. The maximum absolute atomic E-state index is 4.38. The molecule has 0 aliphatic carbocycles. The third-order valence-electron chi connectivity index (χ3n) is 5.77. The van der Waals surface area contributed by atoms with Crippen LogP contribution in [0.3, 0.4) is 0 Å². The maximum Gasteiger partial charge on any atom is 0.159 e. The van der Waals surface area contributed by atoms with Crippen LogP contribution in [0.4, 0.5) is 5.69 Å². The number of amidine groups is 1. The van der Waals surface area contributed by atoms with Crippen molar-refractivity contribution in [1.29, 1.82) is 0 Å². The molecule has 186 valence electrons. The Kier molecular flexibility index (Phi) is 11.7. The van der Waals surface area contributed by atoms with Gasteiger partial charge in [0.1, 0.15) is 6.17 Å². The molecule has 0 amide bonds. The lowest BCUT2D eigenvalue weighted by atomic mass is 10.1. The number of nitrogens with one attached hydrogen (secondary N) is 2. The fourth-order valence-electron chi connectivity index (χ4n) is 3.55. The van der Waals surface area contributed by atoms with Crippen LogP contribution in [0, 0.1) is 6.92 Å². The molecule has 1 unspecified atom stereocenters. The van der Waals surface area contributed by atoms with Crippen molar-refractivity contribution in [3.63, 3.8) is 0 Å². The lowest BCUT2D eigenvalue weighted by Crippen LogP contribution is -2.57. The van der Waals surface area contributed by atoms with E-state index in [9.17, 15) is 0 Å². The zero-order valence-electron chi connectivity index (χ0n) is 22.0. The second-order valence-corrected chi connectivity index (χ2v) is 8.55. The van der Waals surface area contributed by atoms with Gasteiger partial charge in [0.05, 0.1) is 6.21 Å². The standard InChI is InChI=1S/C18H29N7.C7H8.C2H6/c1-14(2)24(4)22-16-7-5-15(6-8-16)18-21-20-13-17(23(18)3)25-11-9-19-10-12-25;1-7-5-3-2-4-6-7;1-2/h5-8,13-14,17,19,22H,9-12H2,1-4H3;2-6H,1H3;1-2H3. The van der Waals surface area contributed by atoms with Gasteiger partial charge in [0, 0.05) is 57.6 Å². The minimum atomic E-state index is 0.166. The van der Waals surface area contributed by atoms with Crippen LogP contribution in [0.2, 0.25) is 0 Å². The Morgan fingerprint density at radius 2 is 1.62 bits per heavy atom. The third kappa shape index (κ3) is 8.24. The predicted octanol–water partition coefficient (Wildman–Crippen LogP) is 4.28. The van der Waals surface area contributed by atoms with E-state index in [0.717, 1.165) is 43.3 Å². The summed E-state index contributed by atoms with van der Waals surface area (Å²) in [6.07, 6.45) is 2.10. The number of hydrogen-bond acceptors (Lipinski definition) is 7. The zero-order valence-corrected chi connectivity index (χ0v) is 22.0. The minimum Gasteiger partial charge on any atom is -0.337 e. The van der Waals surface area contributed by atoms with Gasteiger partial charge in [0.25, 0.3) is 0 Å². The van der Waals surface area contributed by atoms with E-state index in [-0.39, 0.29) is 6.17 Å². The smallest absolute Gasteiger partial charge is 0.159 e. The molecule has 2 aliphatic heterocycles. The number of piperazine rings is 1. The Bertz CT molecular complexity index is 872. The Hall–Kier alpha value is -2.74. The van der Waals surface area contributed by atoms with Gasteiger partial charge in [0.15, 0.2) is 5.84 Å². The van der Waals surface area contributed by atoms with E-state index in [1.807, 2.05) is 45.3 Å². The molecular weight excluding hydrogens is 422 g/mol. The average molecular weight is 466 g/mol. The first-order valence-electron chi connectivity index (χ1n) is 12.4. The highest BCUT2D eigenvalue weighted by Crippen LogP contribution is 2.17. The molecule has 7 nitrogen and oxygen atoms in total. The predicted molar refractivity (Wildman–Crippen MR) is 147 cm³/mol. The molecule has 0 aromatic heterocycles. The minimum absolute atomic E-state index is 0.166. The van der Waals surface area contributed by atoms with Crippen molar-refractivity contribution in [3.05, 3.63) is 65.7 Å². The van der Waals surface area contributed by atoms with Gasteiger partial charge in [-0.1, -0.05) is 49.7 Å². The van der Waals surface area contributed by atoms with Crippen molar-refractivity contribution >= 4 is 17.7 Å². The normalized spacial score (nSPS) is 18.0. The fraction of sp³-hybridized carbons (Fsp3) is 0.481. The van der Waals surface area contributed by atoms with Gasteiger partial charge in [-0.05, 0) is 45.0 Å². The highest BCUT2D eigenvalue weighted by molar-refractivity contribution is 6.01. The number of aryl methyl sites for hydroxylation is 1. The average Bonchev–Trinajstić information content (AvgIpc) is 2.87. The Morgan fingerprint density at radius 3 is 2.15 bits per heavy atom. The van der Waals surface area contributed by atoms with Gasteiger partial charge in [-0.3, -0.25) is 4.90 Å². The molecule has 1 saturated heterocycles. The number of benzene rings is 2. The van der Waals surface area contributed by atoms with Crippen molar-refractivity contribution in [2.75, 3.05) is 45.7 Å². The molecule has 4 rings (SSSR count). The van der Waals surface area contributed by atoms with Crippen LogP contribution < -0.4 is 10.7 Å². The van der Waals surface area contributed by atoms with Gasteiger partial charge in [-0.15, -0.1) is 5.10 Å². The molecule has 0 radical (unpaired) electrons. The number of hydrogen-bond donors (Lipinski definition) is 2. The molecular formula is C27H43N7. The second-order valence-electron chi connectivity index (χ2n) is 8.55. The summed E-state index contributed by atoms with van der Waals surface area (Å²) in [5.74, 6) is 0.912. The molecule has 2 aromatic rings. The van der Waals surface area contributed by atoms with Crippen molar-refractivity contribution in [3.8, 4) is 0 Å². The number of nitrogens with zero attached hydrogens (tertiary/aromatic N) is 5. The summed E-state index contributed by atoms with van der Waals surface area (Å²) in [6, 6.07) is 19.1. The molecule has 0 saturated carbocycles. The lowest BCUT2D eigenvalue weighted by Gasteiger charge is -2.40. The lowest BCUT2D eigenvalue weighted by molar-refractivity contribution is 0.142. The summed E-state index contributed by atoms with van der Waals surface area (Å²) >= 11 is 0. The molecule has 2 aliphatic rings. The van der Waals surface area contributed by atoms with Crippen LogP contribution in [0.5, 0.6) is 0 Å². The molecule has 2 aromatic carbocycles. The van der Waals surface area contributed by atoms with Gasteiger partial charge < -0.3 is 15.6 Å². The number of rotatable bonds is 5. The molecule has 2 heterocycles. The Labute approximate surface area is 206 Å². The van der Waals surface area contributed by atoms with Gasteiger partial charge in [-0.25, -0.2) is 5.01 Å². The highest BCUT2D eigenvalue weighted by Gasteiger charge is 2.27. The van der Waals surface area contributed by atoms with E-state index < -0.39 is 0 Å². The molecule has 0 spiro atoms. The van der Waals surface area contributed by atoms with Crippen molar-refractivity contribution in [2.24, 2.45) is 10.2 Å². The summed E-state index contributed by atoms with van der Waals surface area (Å²) in [4.78, 5) is 4.64. The van der Waals surface area contributed by atoms with Gasteiger partial charge >= 0.3 is 0 Å². The first-order chi connectivity index (χ1) is 16.5. The zero-order chi connectivity index (χ0) is 24.9. The summed E-state index contributed by atoms with van der Waals surface area (Å²) in [7, 11) is 4.14. The van der Waals surface area contributed by atoms with E-state index in [1.54, 1.807) is 0 Å². The third-order valence-corrected chi connectivity index (χ3v) is 5.77. The monoisotopic (exact) mass is 465 g/mol. The van der Waals surface area contributed by atoms with Crippen LogP contribution in [0.15, 0.2) is 64.8 Å². The fourth-order valence-corrected chi connectivity index (χ4v) is 3.55. The van der Waals surface area contributed by atoms with E-state index in [4.69, 9.17) is 0 Å². The molecule has 2 N–H and O–H groups in total. The largest absolute Gasteiger partial charge is 0.337 e. The summed E-state index contributed by atoms with van der Waals surface area (Å²) in [5.41, 5.74) is 6.85. The van der Waals surface area contributed by atoms with Crippen LogP contribution in [-0.2, 0) is 0 Å². The van der Waals surface area contributed by atoms with E-state index in [2.05, 4.69) is 100.0 Å². The van der Waals surface area contributed by atoms with E-state index >= 15 is 0 Å². The van der Waals surface area contributed by atoms with Crippen molar-refractivity contribution < 1.29 is 0 Å². The summed E-state index contributed by atoms with van der Waals surface area (Å²) < 4.78 is 0. The summed E-state index contributed by atoms with van der Waals surface area (Å²) in [5, 5.41) is 14.1. The maximum atomic E-state index is 4.38. The molecule has 1 atom stereocenters. The second kappa shape index (κ2) is 14.5. The van der Waals surface area contributed by atoms with E-state index in [1.165, 1.54) is 5.56 Å². The van der Waals surface area contributed by atoms with Crippen LogP contribution in [0.25, 0.3) is 0 Å². The highest BCUT2D eigenvalue weighted by atomic mass is 15.5. The van der Waals surface area contributed by atoms with Gasteiger partial charge in [-0.2, -0.15) is 5.10 Å². The Balaban J connectivity index is 0.000000384. The van der Waals surface area contributed by atoms with Gasteiger partial charge in [0.2, 0.25) is 0 Å².